The summed E-state index contributed by atoms with van der Waals surface area (Å²) in [6.45, 7) is 3.48. The van der Waals surface area contributed by atoms with Gasteiger partial charge in [-0.1, -0.05) is 0 Å². The molecule has 1 amide bonds. The molecule has 8 heteroatoms. The van der Waals surface area contributed by atoms with Gasteiger partial charge in [0.1, 0.15) is 23.0 Å². The zero-order valence-electron chi connectivity index (χ0n) is 20.3. The molecule has 0 spiro atoms. The van der Waals surface area contributed by atoms with E-state index in [-0.39, 0.29) is 11.3 Å². The van der Waals surface area contributed by atoms with Crippen LogP contribution in [-0.2, 0) is 9.59 Å². The topological polar surface area (TPSA) is 88.5 Å². The molecule has 0 bridgehead atoms. The molecule has 0 saturated carbocycles. The van der Waals surface area contributed by atoms with Crippen LogP contribution in [0.1, 0.15) is 30.5 Å². The number of ketones is 1. The maximum atomic E-state index is 13.2. The summed E-state index contributed by atoms with van der Waals surface area (Å²) in [7, 11) is 6.96. The van der Waals surface area contributed by atoms with Crippen LogP contribution in [0.3, 0.4) is 0 Å². The van der Waals surface area contributed by atoms with Crippen molar-refractivity contribution in [1.82, 2.24) is 9.80 Å². The number of rotatable bonds is 10. The summed E-state index contributed by atoms with van der Waals surface area (Å²) in [5.41, 5.74) is 1.01. The number of hydrogen-bond donors (Lipinski definition) is 1. The second-order valence-electron chi connectivity index (χ2n) is 8.21. The van der Waals surface area contributed by atoms with Crippen LogP contribution >= 0.6 is 0 Å². The first kappa shape index (κ1) is 25.1. The van der Waals surface area contributed by atoms with Gasteiger partial charge < -0.3 is 29.1 Å². The summed E-state index contributed by atoms with van der Waals surface area (Å²) in [6.07, 6.45) is 0.659. The van der Waals surface area contributed by atoms with E-state index in [9.17, 15) is 14.7 Å². The molecule has 0 aliphatic carbocycles. The highest BCUT2D eigenvalue weighted by atomic mass is 16.5. The number of nitrogens with zero attached hydrogens (tertiary/aromatic N) is 2. The summed E-state index contributed by atoms with van der Waals surface area (Å²) in [4.78, 5) is 29.9. The molecule has 1 fully saturated rings. The highest BCUT2D eigenvalue weighted by Gasteiger charge is 2.47. The maximum absolute atomic E-state index is 13.2. The number of Topliss-reactive ketones (excluding diaryl/α,β-unsaturated/α-hetero) is 1. The fourth-order valence-corrected chi connectivity index (χ4v) is 4.08. The van der Waals surface area contributed by atoms with Gasteiger partial charge in [-0.05, 0) is 76.4 Å². The Morgan fingerprint density at radius 1 is 1.03 bits per heavy atom. The van der Waals surface area contributed by atoms with Gasteiger partial charge in [0.25, 0.3) is 11.7 Å². The van der Waals surface area contributed by atoms with Gasteiger partial charge in [0.2, 0.25) is 0 Å². The third-order valence-corrected chi connectivity index (χ3v) is 5.71. The molecule has 3 rings (SSSR count). The predicted molar refractivity (Wildman–Crippen MR) is 129 cm³/mol. The standard InChI is InChI=1S/C26H32N2O6/c1-6-34-18-10-8-17(9-11-18)24(29)22-23(20-16-19(32-4)12-13-21(20)33-5)28(26(31)25(22)30)15-7-14-27(2)3/h8-13,16,23,29H,6-7,14-15H2,1-5H3/b24-22-. The number of benzene rings is 2. The van der Waals surface area contributed by atoms with Gasteiger partial charge in [-0.3, -0.25) is 9.59 Å². The molecule has 0 aromatic heterocycles. The van der Waals surface area contributed by atoms with Crippen molar-refractivity contribution >= 4 is 17.4 Å². The molecule has 2 aromatic rings. The van der Waals surface area contributed by atoms with E-state index in [1.54, 1.807) is 49.6 Å². The molecule has 0 radical (unpaired) electrons. The molecule has 1 aliphatic heterocycles. The summed E-state index contributed by atoms with van der Waals surface area (Å²) in [5, 5.41) is 11.2. The molecule has 1 N–H and O–H groups in total. The number of likely N-dealkylation sites (tertiary alicyclic amines) is 1. The lowest BCUT2D eigenvalue weighted by Crippen LogP contribution is -2.32. The molecule has 1 saturated heterocycles. The Kier molecular flexibility index (Phi) is 8.17. The van der Waals surface area contributed by atoms with Gasteiger partial charge in [0.05, 0.1) is 32.4 Å². The number of ether oxygens (including phenoxy) is 3. The molecule has 1 unspecified atom stereocenters. The Morgan fingerprint density at radius 3 is 2.29 bits per heavy atom. The Labute approximate surface area is 200 Å². The molecule has 1 heterocycles. The maximum Gasteiger partial charge on any atom is 0.295 e. The highest BCUT2D eigenvalue weighted by Crippen LogP contribution is 2.44. The molecule has 1 aliphatic rings. The number of amides is 1. The predicted octanol–water partition coefficient (Wildman–Crippen LogP) is 3.48. The van der Waals surface area contributed by atoms with E-state index in [1.165, 1.54) is 12.0 Å². The van der Waals surface area contributed by atoms with Crippen LogP contribution in [0.4, 0.5) is 0 Å². The largest absolute Gasteiger partial charge is 0.507 e. The fourth-order valence-electron chi connectivity index (χ4n) is 4.08. The highest BCUT2D eigenvalue weighted by molar-refractivity contribution is 6.46. The molecule has 2 aromatic carbocycles. The Morgan fingerprint density at radius 2 is 1.71 bits per heavy atom. The van der Waals surface area contributed by atoms with Crippen molar-refractivity contribution in [3.63, 3.8) is 0 Å². The molecule has 34 heavy (non-hydrogen) atoms. The minimum atomic E-state index is -0.821. The normalized spacial score (nSPS) is 17.4. The number of aliphatic hydroxyl groups excluding tert-OH is 1. The fraction of sp³-hybridized carbons (Fsp3) is 0.385. The Hall–Kier alpha value is -3.52. The smallest absolute Gasteiger partial charge is 0.295 e. The average molecular weight is 469 g/mol. The van der Waals surface area contributed by atoms with Gasteiger partial charge in [-0.25, -0.2) is 0 Å². The van der Waals surface area contributed by atoms with Crippen molar-refractivity contribution < 1.29 is 28.9 Å². The lowest BCUT2D eigenvalue weighted by molar-refractivity contribution is -0.140. The van der Waals surface area contributed by atoms with E-state index >= 15 is 0 Å². The van der Waals surface area contributed by atoms with Gasteiger partial charge in [0, 0.05) is 17.7 Å². The van der Waals surface area contributed by atoms with Crippen molar-refractivity contribution in [2.24, 2.45) is 0 Å². The number of carbonyl (C=O) groups is 2. The molecule has 1 atom stereocenters. The van der Waals surface area contributed by atoms with Gasteiger partial charge in [0.15, 0.2) is 0 Å². The van der Waals surface area contributed by atoms with Crippen LogP contribution in [0.15, 0.2) is 48.0 Å². The third kappa shape index (κ3) is 5.17. The number of methoxy groups -OCH3 is 2. The quantitative estimate of drug-likeness (QED) is 0.324. The van der Waals surface area contributed by atoms with E-state index in [0.717, 1.165) is 6.54 Å². The minimum absolute atomic E-state index is 0.0190. The summed E-state index contributed by atoms with van der Waals surface area (Å²) < 4.78 is 16.4. The van der Waals surface area contributed by atoms with E-state index in [0.29, 0.717) is 47.9 Å². The van der Waals surface area contributed by atoms with Gasteiger partial charge >= 0.3 is 0 Å². The second kappa shape index (κ2) is 11.1. The molecule has 8 nitrogen and oxygen atoms in total. The van der Waals surface area contributed by atoms with Gasteiger partial charge in [-0.15, -0.1) is 0 Å². The minimum Gasteiger partial charge on any atom is -0.507 e. The van der Waals surface area contributed by atoms with Crippen LogP contribution in [0.5, 0.6) is 17.2 Å². The van der Waals surface area contributed by atoms with E-state index in [4.69, 9.17) is 14.2 Å². The molecule has 182 valence electrons. The Balaban J connectivity index is 2.15. The monoisotopic (exact) mass is 468 g/mol. The summed E-state index contributed by atoms with van der Waals surface area (Å²) in [5.74, 6) is 0.0615. The van der Waals surface area contributed by atoms with Crippen LogP contribution in [0.25, 0.3) is 5.76 Å². The zero-order chi connectivity index (χ0) is 24.8. The average Bonchev–Trinajstić information content (AvgIpc) is 3.08. The van der Waals surface area contributed by atoms with Crippen LogP contribution in [0, 0.1) is 0 Å². The van der Waals surface area contributed by atoms with Crippen molar-refractivity contribution in [1.29, 1.82) is 0 Å². The van der Waals surface area contributed by atoms with Crippen LogP contribution < -0.4 is 14.2 Å². The first-order valence-corrected chi connectivity index (χ1v) is 11.2. The van der Waals surface area contributed by atoms with Gasteiger partial charge in [-0.2, -0.15) is 0 Å². The number of hydrogen-bond acceptors (Lipinski definition) is 7. The summed E-state index contributed by atoms with van der Waals surface area (Å²) in [6, 6.07) is 11.1. The van der Waals surface area contributed by atoms with Crippen molar-refractivity contribution in [3.8, 4) is 17.2 Å². The van der Waals surface area contributed by atoms with E-state index in [2.05, 4.69) is 0 Å². The van der Waals surface area contributed by atoms with Crippen molar-refractivity contribution in [3.05, 3.63) is 59.2 Å². The first-order valence-electron chi connectivity index (χ1n) is 11.2. The van der Waals surface area contributed by atoms with Crippen molar-refractivity contribution in [2.45, 2.75) is 19.4 Å². The van der Waals surface area contributed by atoms with E-state index in [1.807, 2.05) is 25.9 Å². The van der Waals surface area contributed by atoms with Crippen molar-refractivity contribution in [2.75, 3.05) is 48.0 Å². The lowest BCUT2D eigenvalue weighted by Gasteiger charge is -2.27. The zero-order valence-corrected chi connectivity index (χ0v) is 20.3. The van der Waals surface area contributed by atoms with Crippen LogP contribution in [-0.4, -0.2) is 74.6 Å². The first-order chi connectivity index (χ1) is 16.3. The third-order valence-electron chi connectivity index (χ3n) is 5.71. The number of aliphatic hydroxyl groups is 1. The Bertz CT molecular complexity index is 1060. The lowest BCUT2D eigenvalue weighted by atomic mass is 9.94. The second-order valence-corrected chi connectivity index (χ2v) is 8.21. The number of carbonyl (C=O) groups excluding carboxylic acids is 2. The van der Waals surface area contributed by atoms with Crippen LogP contribution in [0.2, 0.25) is 0 Å². The van der Waals surface area contributed by atoms with E-state index < -0.39 is 17.7 Å². The summed E-state index contributed by atoms with van der Waals surface area (Å²) >= 11 is 0. The SMILES string of the molecule is CCOc1ccc(/C(O)=C2/C(=O)C(=O)N(CCCN(C)C)C2c2cc(OC)ccc2OC)cc1. The molecular formula is C26H32N2O6. The molecular weight excluding hydrogens is 436 g/mol.